The maximum atomic E-state index is 5.08. The van der Waals surface area contributed by atoms with Crippen molar-refractivity contribution in [3.05, 3.63) is 11.5 Å². The van der Waals surface area contributed by atoms with Crippen molar-refractivity contribution in [1.82, 2.24) is 0 Å². The molecule has 0 aromatic carbocycles. The van der Waals surface area contributed by atoms with E-state index in [0.717, 1.165) is 0 Å². The first-order valence-electron chi connectivity index (χ1n) is 2.46. The van der Waals surface area contributed by atoms with E-state index in [4.69, 9.17) is 4.74 Å². The summed E-state index contributed by atoms with van der Waals surface area (Å²) < 4.78 is 5.08. The minimum Gasteiger partial charge on any atom is -0.473 e. The fraction of sp³-hybridized carbons (Fsp3) is 0.400. The largest absolute Gasteiger partial charge is 0.473 e. The molecule has 2 aliphatic rings. The summed E-state index contributed by atoms with van der Waals surface area (Å²) in [4.78, 5) is 4.05. The number of aliphatic imine (C=N–C) groups is 1. The first-order chi connectivity index (χ1) is 3.97. The predicted molar refractivity (Wildman–Crippen MR) is 33.9 cm³/mol. The van der Waals surface area contributed by atoms with Crippen molar-refractivity contribution in [1.29, 1.82) is 0 Å². The highest BCUT2D eigenvalue weighted by Crippen LogP contribution is 2.29. The summed E-state index contributed by atoms with van der Waals surface area (Å²) in [6.07, 6.45) is 3.80. The van der Waals surface area contributed by atoms with Gasteiger partial charge in [0.15, 0.2) is 12.5 Å². The van der Waals surface area contributed by atoms with Crippen molar-refractivity contribution in [3.63, 3.8) is 0 Å². The molecule has 0 fully saturated rings. The van der Waals surface area contributed by atoms with Gasteiger partial charge in [-0.05, 0) is 11.5 Å². The summed E-state index contributed by atoms with van der Waals surface area (Å²) in [6, 6.07) is 0. The number of fused-ring (bicyclic) bond motifs is 1. The van der Waals surface area contributed by atoms with Crippen molar-refractivity contribution < 1.29 is 4.74 Å². The molecule has 3 heteroatoms. The van der Waals surface area contributed by atoms with E-state index in [1.54, 1.807) is 11.8 Å². The van der Waals surface area contributed by atoms with Crippen LogP contribution in [0.25, 0.3) is 0 Å². The summed E-state index contributed by atoms with van der Waals surface area (Å²) in [5, 5.41) is 2.36. The number of hydrogen-bond donors (Lipinski definition) is 0. The first-order valence-corrected chi connectivity index (χ1v) is 3.40. The Labute approximate surface area is 51.6 Å². The molecule has 0 aromatic rings. The van der Waals surface area contributed by atoms with Crippen LogP contribution >= 0.6 is 11.8 Å². The lowest BCUT2D eigenvalue weighted by Gasteiger charge is -2.01. The molecule has 0 amide bonds. The lowest BCUT2D eigenvalue weighted by Crippen LogP contribution is -2.10. The Morgan fingerprint density at radius 3 is 3.50 bits per heavy atom. The summed E-state index contributed by atoms with van der Waals surface area (Å²) in [7, 11) is 0. The average molecular weight is 127 g/mol. The van der Waals surface area contributed by atoms with Crippen LogP contribution in [0, 0.1) is 0 Å². The number of thioether (sulfide) groups is 1. The quantitative estimate of drug-likeness (QED) is 0.484. The third-order valence-corrected chi connectivity index (χ3v) is 2.18. The molecule has 0 saturated heterocycles. The van der Waals surface area contributed by atoms with Gasteiger partial charge in [0.05, 0.1) is 0 Å². The fourth-order valence-electron chi connectivity index (χ4n) is 0.774. The SMILES string of the molecule is C1=CC2OC=NC2S1. The minimum absolute atomic E-state index is 0.236. The van der Waals surface area contributed by atoms with Crippen LogP contribution in [0.15, 0.2) is 16.5 Å². The van der Waals surface area contributed by atoms with Crippen LogP contribution in [-0.4, -0.2) is 17.9 Å². The van der Waals surface area contributed by atoms with Gasteiger partial charge < -0.3 is 4.74 Å². The van der Waals surface area contributed by atoms with Crippen LogP contribution in [0.1, 0.15) is 0 Å². The highest BCUT2D eigenvalue weighted by atomic mass is 32.2. The van der Waals surface area contributed by atoms with Gasteiger partial charge in [-0.15, -0.1) is 11.8 Å². The van der Waals surface area contributed by atoms with Crippen LogP contribution in [0.2, 0.25) is 0 Å². The van der Waals surface area contributed by atoms with Gasteiger partial charge in [-0.3, -0.25) is 0 Å². The third-order valence-electron chi connectivity index (χ3n) is 1.19. The molecular formula is C5H5NOS. The van der Waals surface area contributed by atoms with E-state index >= 15 is 0 Å². The normalized spacial score (nSPS) is 40.0. The van der Waals surface area contributed by atoms with Gasteiger partial charge in [-0.1, -0.05) is 0 Å². The van der Waals surface area contributed by atoms with Crippen molar-refractivity contribution in [3.8, 4) is 0 Å². The molecule has 0 N–H and O–H groups in total. The van der Waals surface area contributed by atoms with Gasteiger partial charge in [0.2, 0.25) is 0 Å². The standard InChI is InChI=1S/C5H5NOS/c1-2-8-5-4(1)7-3-6-5/h1-5H. The monoisotopic (exact) mass is 127 g/mol. The molecule has 2 nitrogen and oxygen atoms in total. The van der Waals surface area contributed by atoms with Gasteiger partial charge in [0.1, 0.15) is 5.37 Å². The van der Waals surface area contributed by atoms with Crippen LogP contribution in [0.4, 0.5) is 0 Å². The van der Waals surface area contributed by atoms with Crippen molar-refractivity contribution in [2.45, 2.75) is 11.5 Å². The fourth-order valence-corrected chi connectivity index (χ4v) is 1.61. The molecule has 2 rings (SSSR count). The molecular weight excluding hydrogens is 122 g/mol. The molecule has 2 aliphatic heterocycles. The topological polar surface area (TPSA) is 21.6 Å². The summed E-state index contributed by atoms with van der Waals surface area (Å²) in [5.74, 6) is 0. The number of hydrogen-bond acceptors (Lipinski definition) is 3. The summed E-state index contributed by atoms with van der Waals surface area (Å²) in [5.41, 5.74) is 0. The lowest BCUT2D eigenvalue weighted by molar-refractivity contribution is 0.280. The summed E-state index contributed by atoms with van der Waals surface area (Å²) in [6.45, 7) is 0. The zero-order chi connectivity index (χ0) is 5.40. The molecule has 2 unspecified atom stereocenters. The van der Waals surface area contributed by atoms with E-state index in [1.165, 1.54) is 6.40 Å². The molecule has 2 atom stereocenters. The molecule has 8 heavy (non-hydrogen) atoms. The molecule has 0 aromatic heterocycles. The third kappa shape index (κ3) is 0.478. The van der Waals surface area contributed by atoms with Gasteiger partial charge in [-0.25, -0.2) is 4.99 Å². The second-order valence-electron chi connectivity index (χ2n) is 1.71. The molecule has 2 heterocycles. The predicted octanol–water partition coefficient (Wildman–Crippen LogP) is 1.00. The van der Waals surface area contributed by atoms with Crippen LogP contribution in [-0.2, 0) is 4.74 Å². The van der Waals surface area contributed by atoms with Crippen LogP contribution in [0.3, 0.4) is 0 Å². The van der Waals surface area contributed by atoms with Crippen LogP contribution < -0.4 is 0 Å². The van der Waals surface area contributed by atoms with Gasteiger partial charge >= 0.3 is 0 Å². The highest BCUT2D eigenvalue weighted by molar-refractivity contribution is 8.03. The van der Waals surface area contributed by atoms with Gasteiger partial charge in [0.25, 0.3) is 0 Å². The van der Waals surface area contributed by atoms with Crippen molar-refractivity contribution in [2.24, 2.45) is 4.99 Å². The van der Waals surface area contributed by atoms with Gasteiger partial charge in [-0.2, -0.15) is 0 Å². The van der Waals surface area contributed by atoms with E-state index in [1.807, 2.05) is 11.5 Å². The Bertz CT molecular complexity index is 137. The Hall–Kier alpha value is -0.440. The smallest absolute Gasteiger partial charge is 0.171 e. The van der Waals surface area contributed by atoms with Crippen molar-refractivity contribution in [2.75, 3.05) is 0 Å². The van der Waals surface area contributed by atoms with E-state index in [2.05, 4.69) is 4.99 Å². The van der Waals surface area contributed by atoms with Gasteiger partial charge in [0, 0.05) is 0 Å². The molecule has 0 saturated carbocycles. The van der Waals surface area contributed by atoms with Crippen molar-refractivity contribution >= 4 is 18.2 Å². The Balaban J connectivity index is 2.20. The number of ether oxygens (including phenoxy) is 1. The van der Waals surface area contributed by atoms with E-state index in [0.29, 0.717) is 5.37 Å². The number of nitrogens with zero attached hydrogens (tertiary/aromatic N) is 1. The highest BCUT2D eigenvalue weighted by Gasteiger charge is 2.26. The molecule has 0 radical (unpaired) electrons. The Kier molecular flexibility index (Phi) is 0.842. The lowest BCUT2D eigenvalue weighted by atomic mass is 10.4. The second kappa shape index (κ2) is 1.52. The average Bonchev–Trinajstić information content (AvgIpc) is 2.15. The van der Waals surface area contributed by atoms with Crippen LogP contribution in [0.5, 0.6) is 0 Å². The minimum atomic E-state index is 0.236. The Morgan fingerprint density at radius 2 is 2.62 bits per heavy atom. The Morgan fingerprint density at radius 1 is 1.62 bits per heavy atom. The molecule has 0 spiro atoms. The van der Waals surface area contributed by atoms with E-state index in [9.17, 15) is 0 Å². The number of rotatable bonds is 0. The molecule has 0 aliphatic carbocycles. The maximum Gasteiger partial charge on any atom is 0.171 e. The summed E-state index contributed by atoms with van der Waals surface area (Å²) >= 11 is 1.71. The zero-order valence-electron chi connectivity index (χ0n) is 4.15. The molecule has 0 bridgehead atoms. The van der Waals surface area contributed by atoms with E-state index in [-0.39, 0.29) is 6.10 Å². The second-order valence-corrected chi connectivity index (χ2v) is 2.74. The first kappa shape index (κ1) is 4.44. The zero-order valence-corrected chi connectivity index (χ0v) is 4.97. The molecule has 42 valence electrons. The van der Waals surface area contributed by atoms with E-state index < -0.39 is 0 Å². The maximum absolute atomic E-state index is 5.08.